The number of hydrogen-bond acceptors (Lipinski definition) is 4. The number of nitrogens with one attached hydrogen (secondary N) is 1. The van der Waals surface area contributed by atoms with Gasteiger partial charge in [0.1, 0.15) is 0 Å². The number of piperazine rings is 1. The molecule has 0 radical (unpaired) electrons. The summed E-state index contributed by atoms with van der Waals surface area (Å²) in [7, 11) is 0. The molecule has 0 unspecified atom stereocenters. The van der Waals surface area contributed by atoms with Crippen LogP contribution < -0.4 is 5.32 Å². The fourth-order valence-electron chi connectivity index (χ4n) is 1.37. The van der Waals surface area contributed by atoms with Crippen LogP contribution in [0.5, 0.6) is 0 Å². The molecule has 0 saturated carbocycles. The summed E-state index contributed by atoms with van der Waals surface area (Å²) in [6.07, 6.45) is 0. The summed E-state index contributed by atoms with van der Waals surface area (Å²) in [5.74, 6) is 1.18. The molecule has 6 heteroatoms. The van der Waals surface area contributed by atoms with E-state index in [9.17, 15) is 0 Å². The summed E-state index contributed by atoms with van der Waals surface area (Å²) >= 11 is 1.90. The van der Waals surface area contributed by atoms with Gasteiger partial charge in [0.05, 0.1) is 6.54 Å². The molecule has 0 aromatic carbocycles. The Labute approximate surface area is 95.6 Å². The minimum Gasteiger partial charge on any atom is -0.349 e. The minimum absolute atomic E-state index is 0. The predicted molar refractivity (Wildman–Crippen MR) is 63.7 cm³/mol. The monoisotopic (exact) mass is 243 g/mol. The number of hydrogen-bond donors (Lipinski definition) is 1. The number of halogens is 2. The molecule has 0 bridgehead atoms. The first kappa shape index (κ1) is 13.4. The first-order valence-electron chi connectivity index (χ1n) is 4.10. The van der Waals surface area contributed by atoms with Crippen molar-refractivity contribution in [2.75, 3.05) is 38.5 Å². The molecule has 3 nitrogen and oxygen atoms in total. The molecular formula is C7H15Cl2N3S. The highest BCUT2D eigenvalue weighted by Crippen LogP contribution is 2.15. The summed E-state index contributed by atoms with van der Waals surface area (Å²) in [6, 6.07) is 0. The van der Waals surface area contributed by atoms with Gasteiger partial charge in [0.25, 0.3) is 0 Å². The van der Waals surface area contributed by atoms with E-state index in [2.05, 4.69) is 15.2 Å². The summed E-state index contributed by atoms with van der Waals surface area (Å²) in [5, 5.41) is 4.60. The lowest BCUT2D eigenvalue weighted by Crippen LogP contribution is -2.45. The van der Waals surface area contributed by atoms with Crippen molar-refractivity contribution in [1.82, 2.24) is 10.2 Å². The Morgan fingerprint density at radius 2 is 1.92 bits per heavy atom. The van der Waals surface area contributed by atoms with Crippen LogP contribution in [-0.4, -0.2) is 48.5 Å². The van der Waals surface area contributed by atoms with Gasteiger partial charge < -0.3 is 10.2 Å². The highest BCUT2D eigenvalue weighted by molar-refractivity contribution is 8.14. The number of amidine groups is 1. The molecule has 0 aliphatic carbocycles. The Bertz CT molecular complexity index is 171. The Morgan fingerprint density at radius 1 is 1.23 bits per heavy atom. The van der Waals surface area contributed by atoms with Crippen LogP contribution in [0.4, 0.5) is 0 Å². The number of nitrogens with zero attached hydrogens (tertiary/aromatic N) is 2. The third-order valence-electron chi connectivity index (χ3n) is 1.96. The highest BCUT2D eigenvalue weighted by Gasteiger charge is 2.16. The lowest BCUT2D eigenvalue weighted by molar-refractivity contribution is 0.363. The Kier molecular flexibility index (Phi) is 6.95. The minimum atomic E-state index is 0. The molecule has 13 heavy (non-hydrogen) atoms. The molecule has 0 spiro atoms. The van der Waals surface area contributed by atoms with E-state index in [0.717, 1.165) is 32.7 Å². The van der Waals surface area contributed by atoms with Gasteiger partial charge in [0.2, 0.25) is 0 Å². The van der Waals surface area contributed by atoms with Gasteiger partial charge in [0, 0.05) is 31.9 Å². The summed E-state index contributed by atoms with van der Waals surface area (Å²) in [6.45, 7) is 5.50. The molecule has 78 valence electrons. The summed E-state index contributed by atoms with van der Waals surface area (Å²) in [5.41, 5.74) is 0. The van der Waals surface area contributed by atoms with Crippen LogP contribution in [0.25, 0.3) is 0 Å². The normalized spacial score (nSPS) is 21.5. The molecule has 1 N–H and O–H groups in total. The molecule has 1 fully saturated rings. The Hall–Kier alpha value is 0.360. The van der Waals surface area contributed by atoms with Gasteiger partial charge >= 0.3 is 0 Å². The van der Waals surface area contributed by atoms with Crippen molar-refractivity contribution in [2.24, 2.45) is 4.99 Å². The number of rotatable bonds is 0. The maximum absolute atomic E-state index is 4.44. The molecule has 2 rings (SSSR count). The van der Waals surface area contributed by atoms with Gasteiger partial charge in [-0.2, -0.15) is 0 Å². The zero-order chi connectivity index (χ0) is 7.52. The van der Waals surface area contributed by atoms with Gasteiger partial charge in [0.15, 0.2) is 5.17 Å². The predicted octanol–water partition coefficient (Wildman–Crippen LogP) is 0.838. The molecule has 2 aliphatic heterocycles. The summed E-state index contributed by atoms with van der Waals surface area (Å²) < 4.78 is 0. The van der Waals surface area contributed by atoms with E-state index in [1.807, 2.05) is 11.8 Å². The Balaban J connectivity index is 0.000000720. The largest absolute Gasteiger partial charge is 0.349 e. The first-order chi connectivity index (χ1) is 5.47. The second kappa shape index (κ2) is 6.76. The van der Waals surface area contributed by atoms with Crippen molar-refractivity contribution in [2.45, 2.75) is 0 Å². The zero-order valence-electron chi connectivity index (χ0n) is 7.36. The van der Waals surface area contributed by atoms with Crippen LogP contribution in [0.15, 0.2) is 4.99 Å². The van der Waals surface area contributed by atoms with E-state index < -0.39 is 0 Å². The molecule has 0 aromatic heterocycles. The van der Waals surface area contributed by atoms with E-state index in [1.54, 1.807) is 0 Å². The van der Waals surface area contributed by atoms with Crippen LogP contribution in [0, 0.1) is 0 Å². The lowest BCUT2D eigenvalue weighted by Gasteiger charge is -2.28. The zero-order valence-corrected chi connectivity index (χ0v) is 9.81. The average Bonchev–Trinajstić information content (AvgIpc) is 2.58. The van der Waals surface area contributed by atoms with E-state index in [0.29, 0.717) is 0 Å². The fraction of sp³-hybridized carbons (Fsp3) is 0.857. The molecule has 0 aromatic rings. The third kappa shape index (κ3) is 3.54. The van der Waals surface area contributed by atoms with Crippen LogP contribution in [-0.2, 0) is 0 Å². The standard InChI is InChI=1S/C7H13N3S.2ClH/c1-4-10(5-2-8-1)7-9-3-6-11-7;;/h8H,1-6H2;2*1H. The quantitative estimate of drug-likeness (QED) is 0.684. The first-order valence-corrected chi connectivity index (χ1v) is 5.08. The maximum atomic E-state index is 4.44. The van der Waals surface area contributed by atoms with Gasteiger partial charge in [-0.25, -0.2) is 0 Å². The molecule has 2 heterocycles. The third-order valence-corrected chi connectivity index (χ3v) is 2.99. The molecule has 1 saturated heterocycles. The van der Waals surface area contributed by atoms with Crippen molar-refractivity contribution >= 4 is 41.7 Å². The SMILES string of the molecule is C1CSC(N2CCNCC2)=N1.Cl.Cl. The molecule has 0 amide bonds. The molecule has 0 atom stereocenters. The van der Waals surface area contributed by atoms with E-state index in [1.165, 1.54) is 10.9 Å². The Morgan fingerprint density at radius 3 is 2.46 bits per heavy atom. The van der Waals surface area contributed by atoms with Crippen LogP contribution in [0.3, 0.4) is 0 Å². The van der Waals surface area contributed by atoms with Crippen LogP contribution in [0.1, 0.15) is 0 Å². The van der Waals surface area contributed by atoms with E-state index in [4.69, 9.17) is 0 Å². The van der Waals surface area contributed by atoms with Gasteiger partial charge in [-0.15, -0.1) is 24.8 Å². The fourth-order valence-corrected chi connectivity index (χ4v) is 2.28. The van der Waals surface area contributed by atoms with Gasteiger partial charge in [-0.1, -0.05) is 11.8 Å². The van der Waals surface area contributed by atoms with Crippen molar-refractivity contribution in [3.05, 3.63) is 0 Å². The van der Waals surface area contributed by atoms with Crippen molar-refractivity contribution in [3.8, 4) is 0 Å². The smallest absolute Gasteiger partial charge is 0.159 e. The topological polar surface area (TPSA) is 27.6 Å². The second-order valence-corrected chi connectivity index (χ2v) is 3.81. The van der Waals surface area contributed by atoms with Crippen molar-refractivity contribution in [3.63, 3.8) is 0 Å². The summed E-state index contributed by atoms with van der Waals surface area (Å²) in [4.78, 5) is 6.82. The van der Waals surface area contributed by atoms with Crippen LogP contribution >= 0.6 is 36.6 Å². The molecular weight excluding hydrogens is 229 g/mol. The number of thioether (sulfide) groups is 1. The highest BCUT2D eigenvalue weighted by atomic mass is 35.5. The maximum Gasteiger partial charge on any atom is 0.159 e. The van der Waals surface area contributed by atoms with E-state index >= 15 is 0 Å². The second-order valence-electron chi connectivity index (χ2n) is 2.75. The van der Waals surface area contributed by atoms with Crippen molar-refractivity contribution in [1.29, 1.82) is 0 Å². The number of aliphatic imine (C=N–C) groups is 1. The van der Waals surface area contributed by atoms with Gasteiger partial charge in [-0.05, 0) is 0 Å². The van der Waals surface area contributed by atoms with Crippen molar-refractivity contribution < 1.29 is 0 Å². The van der Waals surface area contributed by atoms with Gasteiger partial charge in [-0.3, -0.25) is 4.99 Å². The average molecular weight is 244 g/mol. The lowest BCUT2D eigenvalue weighted by atomic mass is 10.4. The molecule has 2 aliphatic rings. The van der Waals surface area contributed by atoms with E-state index in [-0.39, 0.29) is 24.8 Å². The van der Waals surface area contributed by atoms with Crippen LogP contribution in [0.2, 0.25) is 0 Å².